The van der Waals surface area contributed by atoms with Crippen LogP contribution in [0.3, 0.4) is 0 Å². The van der Waals surface area contributed by atoms with E-state index in [0.29, 0.717) is 6.04 Å². The normalized spacial score (nSPS) is 11.2. The van der Waals surface area contributed by atoms with Gasteiger partial charge < -0.3 is 4.98 Å². The van der Waals surface area contributed by atoms with E-state index in [1.807, 2.05) is 17.1 Å². The van der Waals surface area contributed by atoms with Gasteiger partial charge in [0.15, 0.2) is 8.24 Å². The molecule has 2 heteroatoms. The van der Waals surface area contributed by atoms with Gasteiger partial charge in [-0.3, -0.25) is 0 Å². The highest BCUT2D eigenvalue weighted by molar-refractivity contribution is 6.90. The molecule has 0 amide bonds. The molecule has 11 heavy (non-hydrogen) atoms. The SMILES string of the molecule is C=C[Si](C=C)(C=C)NC(C)C. The third-order valence-electron chi connectivity index (χ3n) is 1.55. The molecule has 0 saturated carbocycles. The van der Waals surface area contributed by atoms with Crippen molar-refractivity contribution >= 4 is 8.24 Å². The smallest absolute Gasteiger partial charge is 0.198 e. The minimum Gasteiger partial charge on any atom is -0.326 e. The quantitative estimate of drug-likeness (QED) is 0.618. The zero-order valence-corrected chi connectivity index (χ0v) is 8.43. The van der Waals surface area contributed by atoms with Crippen molar-refractivity contribution in [1.29, 1.82) is 0 Å². The summed E-state index contributed by atoms with van der Waals surface area (Å²) in [5, 5.41) is 0. The van der Waals surface area contributed by atoms with Crippen LogP contribution in [0, 0.1) is 0 Å². The number of hydrogen-bond donors (Lipinski definition) is 1. The van der Waals surface area contributed by atoms with Crippen LogP contribution in [0.25, 0.3) is 0 Å². The molecule has 1 nitrogen and oxygen atoms in total. The Kier molecular flexibility index (Phi) is 4.07. The first-order valence-electron chi connectivity index (χ1n) is 3.78. The molecule has 1 N–H and O–H groups in total. The molecule has 0 spiro atoms. The lowest BCUT2D eigenvalue weighted by atomic mass is 10.4. The monoisotopic (exact) mass is 167 g/mol. The summed E-state index contributed by atoms with van der Waals surface area (Å²) in [4.78, 5) is 3.43. The molecule has 0 aromatic rings. The predicted octanol–water partition coefficient (Wildman–Crippen LogP) is 2.11. The largest absolute Gasteiger partial charge is 0.326 e. The van der Waals surface area contributed by atoms with Gasteiger partial charge in [-0.2, -0.15) is 0 Å². The molecule has 0 rings (SSSR count). The molecule has 0 aliphatic rings. The summed E-state index contributed by atoms with van der Waals surface area (Å²) in [6.07, 6.45) is 0. The van der Waals surface area contributed by atoms with Gasteiger partial charge in [0.1, 0.15) is 0 Å². The highest BCUT2D eigenvalue weighted by Gasteiger charge is 2.21. The van der Waals surface area contributed by atoms with E-state index in [1.54, 1.807) is 0 Å². The van der Waals surface area contributed by atoms with Crippen LogP contribution in [0.15, 0.2) is 36.8 Å². The van der Waals surface area contributed by atoms with Crippen LogP contribution in [0.1, 0.15) is 13.8 Å². The molecule has 0 heterocycles. The fraction of sp³-hybridized carbons (Fsp3) is 0.333. The van der Waals surface area contributed by atoms with Gasteiger partial charge in [-0.05, 0) is 6.04 Å². The Morgan fingerprint density at radius 1 is 1.09 bits per heavy atom. The van der Waals surface area contributed by atoms with Crippen LogP contribution in [0.4, 0.5) is 0 Å². The first-order chi connectivity index (χ1) is 5.10. The second-order valence-corrected chi connectivity index (χ2v) is 6.22. The Hall–Kier alpha value is -0.603. The van der Waals surface area contributed by atoms with E-state index in [2.05, 4.69) is 38.6 Å². The van der Waals surface area contributed by atoms with Gasteiger partial charge in [0.05, 0.1) is 0 Å². The standard InChI is InChI=1S/C9H17NSi/c1-6-11(7-2,8-3)10-9(4)5/h6-10H,1-3H2,4-5H3. The maximum absolute atomic E-state index is 3.78. The van der Waals surface area contributed by atoms with Crippen molar-refractivity contribution in [3.05, 3.63) is 36.8 Å². The summed E-state index contributed by atoms with van der Waals surface area (Å²) < 4.78 is 0. The minimum absolute atomic E-state index is 0.454. The lowest BCUT2D eigenvalue weighted by Gasteiger charge is -2.23. The Morgan fingerprint density at radius 3 is 1.55 bits per heavy atom. The second-order valence-electron chi connectivity index (χ2n) is 2.84. The van der Waals surface area contributed by atoms with Gasteiger partial charge in [0, 0.05) is 0 Å². The van der Waals surface area contributed by atoms with E-state index >= 15 is 0 Å². The average Bonchev–Trinajstić information content (AvgIpc) is 2.00. The average molecular weight is 167 g/mol. The molecule has 0 atom stereocenters. The van der Waals surface area contributed by atoms with Gasteiger partial charge >= 0.3 is 0 Å². The lowest BCUT2D eigenvalue weighted by Crippen LogP contribution is -2.49. The van der Waals surface area contributed by atoms with Crippen LogP contribution in [-0.4, -0.2) is 14.3 Å². The number of hydrogen-bond acceptors (Lipinski definition) is 1. The summed E-state index contributed by atoms with van der Waals surface area (Å²) in [7, 11) is -1.74. The minimum atomic E-state index is -1.74. The Bertz CT molecular complexity index is 139. The van der Waals surface area contributed by atoms with Crippen LogP contribution in [-0.2, 0) is 0 Å². The predicted molar refractivity (Wildman–Crippen MR) is 54.6 cm³/mol. The molecule has 0 saturated heterocycles. The van der Waals surface area contributed by atoms with Crippen LogP contribution in [0.2, 0.25) is 0 Å². The molecule has 0 aromatic carbocycles. The van der Waals surface area contributed by atoms with E-state index < -0.39 is 8.24 Å². The highest BCUT2D eigenvalue weighted by atomic mass is 28.3. The summed E-state index contributed by atoms with van der Waals surface area (Å²) in [5.41, 5.74) is 5.81. The van der Waals surface area contributed by atoms with Gasteiger partial charge in [-0.1, -0.05) is 30.9 Å². The molecule has 0 aliphatic heterocycles. The third-order valence-corrected chi connectivity index (χ3v) is 4.66. The molecular weight excluding hydrogens is 150 g/mol. The van der Waals surface area contributed by atoms with Gasteiger partial charge in [0.25, 0.3) is 0 Å². The van der Waals surface area contributed by atoms with Crippen LogP contribution in [0.5, 0.6) is 0 Å². The Balaban J connectivity index is 4.41. The fourth-order valence-corrected chi connectivity index (χ4v) is 2.78. The highest BCUT2D eigenvalue weighted by Crippen LogP contribution is 2.03. The number of rotatable bonds is 5. The van der Waals surface area contributed by atoms with Crippen LogP contribution >= 0.6 is 0 Å². The summed E-state index contributed by atoms with van der Waals surface area (Å²) in [6, 6.07) is 0.454. The molecule has 62 valence electrons. The zero-order valence-electron chi connectivity index (χ0n) is 7.43. The molecular formula is C9H17NSi. The molecule has 0 aromatic heterocycles. The van der Waals surface area contributed by atoms with Crippen LogP contribution < -0.4 is 4.98 Å². The Morgan fingerprint density at radius 2 is 1.45 bits per heavy atom. The molecule has 0 fully saturated rings. The number of nitrogens with one attached hydrogen (secondary N) is 1. The third kappa shape index (κ3) is 2.86. The van der Waals surface area contributed by atoms with Gasteiger partial charge in [0.2, 0.25) is 0 Å². The lowest BCUT2D eigenvalue weighted by molar-refractivity contribution is 0.743. The fourth-order valence-electron chi connectivity index (χ4n) is 0.927. The van der Waals surface area contributed by atoms with E-state index in [1.165, 1.54) is 0 Å². The summed E-state index contributed by atoms with van der Waals surface area (Å²) in [6.45, 7) is 15.6. The zero-order chi connectivity index (χ0) is 8.91. The van der Waals surface area contributed by atoms with Gasteiger partial charge in [-0.25, -0.2) is 0 Å². The molecule has 0 aliphatic carbocycles. The summed E-state index contributed by atoms with van der Waals surface area (Å²) in [5.74, 6) is 0. The maximum Gasteiger partial charge on any atom is 0.198 e. The molecule has 0 unspecified atom stereocenters. The van der Waals surface area contributed by atoms with E-state index in [0.717, 1.165) is 0 Å². The van der Waals surface area contributed by atoms with Crippen molar-refractivity contribution in [2.24, 2.45) is 0 Å². The molecule has 0 bridgehead atoms. The van der Waals surface area contributed by atoms with E-state index in [9.17, 15) is 0 Å². The first kappa shape index (κ1) is 10.4. The van der Waals surface area contributed by atoms with E-state index in [-0.39, 0.29) is 0 Å². The summed E-state index contributed by atoms with van der Waals surface area (Å²) >= 11 is 0. The van der Waals surface area contributed by atoms with Crippen molar-refractivity contribution in [2.75, 3.05) is 0 Å². The van der Waals surface area contributed by atoms with Crippen molar-refractivity contribution in [1.82, 2.24) is 4.98 Å². The van der Waals surface area contributed by atoms with Crippen molar-refractivity contribution in [3.63, 3.8) is 0 Å². The van der Waals surface area contributed by atoms with E-state index in [4.69, 9.17) is 0 Å². The Labute approximate surface area is 70.6 Å². The van der Waals surface area contributed by atoms with Crippen molar-refractivity contribution in [3.8, 4) is 0 Å². The maximum atomic E-state index is 3.78. The second kappa shape index (κ2) is 4.31. The topological polar surface area (TPSA) is 12.0 Å². The van der Waals surface area contributed by atoms with Crippen molar-refractivity contribution < 1.29 is 0 Å². The van der Waals surface area contributed by atoms with Crippen molar-refractivity contribution in [2.45, 2.75) is 19.9 Å². The molecule has 0 radical (unpaired) electrons. The first-order valence-corrected chi connectivity index (χ1v) is 6.02. The van der Waals surface area contributed by atoms with Gasteiger partial charge in [-0.15, -0.1) is 19.7 Å².